The van der Waals surface area contributed by atoms with Gasteiger partial charge in [-0.1, -0.05) is 78.5 Å². The molecule has 0 spiro atoms. The summed E-state index contributed by atoms with van der Waals surface area (Å²) in [5, 5.41) is 130. The first-order chi connectivity index (χ1) is 58.8. The van der Waals surface area contributed by atoms with Crippen molar-refractivity contribution in [2.24, 2.45) is 17.4 Å². The predicted molar refractivity (Wildman–Crippen MR) is 436 cm³/mol. The van der Waals surface area contributed by atoms with E-state index in [1.165, 1.54) is 62.8 Å². The zero-order chi connectivity index (χ0) is 89.8. The van der Waals surface area contributed by atoms with Crippen molar-refractivity contribution < 1.29 is 127 Å². The summed E-state index contributed by atoms with van der Waals surface area (Å²) >= 11 is 26.7. The first-order valence-corrected chi connectivity index (χ1v) is 39.9. The molecule has 0 radical (unpaired) electrons. The molecule has 39 nitrogen and oxygen atoms in total. The Labute approximate surface area is 724 Å². The maximum atomic E-state index is 16.3. The van der Waals surface area contributed by atoms with Crippen molar-refractivity contribution in [1.29, 1.82) is 0 Å². The smallest absolute Gasteiger partial charge is 0.270 e. The Morgan fingerprint density at radius 3 is 1.94 bits per heavy atom. The molecule has 2 saturated heterocycles. The van der Waals surface area contributed by atoms with Crippen LogP contribution in [0.1, 0.15) is 121 Å². The lowest BCUT2D eigenvalue weighted by molar-refractivity contribution is -0.334. The summed E-state index contributed by atoms with van der Waals surface area (Å²) in [6.07, 6.45) is -16.8. The van der Waals surface area contributed by atoms with Crippen LogP contribution in [0.25, 0.3) is 11.1 Å². The van der Waals surface area contributed by atoms with Crippen molar-refractivity contribution in [2.45, 2.75) is 163 Å². The SMILES string of the molecule is CNC(CC(C)C)C(=O)NC1C(=O)NC(CC(N)=O)C(=O)NC2C(=O)NC3C(=O)NC(C(=O)NC(C(=O)NOCC(N)=O)c4cc(O)cc(O)c4-c4cc3ccc4O)C(O)c3ccc(c(Cl)c3)Oc3cc2cc(c3OC2OC(CO)C(O)C(O)C2OC2CC(C)(NCc3cncc(C(=O)Nc4cc(Cl)cc(Cl)c4)c3)C(O)C(C)O2)Oc2ccc(cc2Cl)C1O. The van der Waals surface area contributed by atoms with Gasteiger partial charge in [0.1, 0.15) is 95.5 Å². The molecule has 6 aromatic carbocycles. The number of rotatable bonds is 21. The molecule has 660 valence electrons. The number of hydroxylamine groups is 1. The Morgan fingerprint density at radius 2 is 1.31 bits per heavy atom. The number of halogens is 4. The maximum absolute atomic E-state index is 16.3. The van der Waals surface area contributed by atoms with E-state index in [0.717, 1.165) is 66.7 Å². The minimum absolute atomic E-state index is 0.0575. The number of nitrogens with zero attached hydrogens (tertiary/aromatic N) is 1. The number of aromatic nitrogens is 1. The molecule has 43 heteroatoms. The van der Waals surface area contributed by atoms with Crippen LogP contribution in [0.15, 0.2) is 116 Å². The summed E-state index contributed by atoms with van der Waals surface area (Å²) in [5.74, 6) is -17.8. The van der Waals surface area contributed by atoms with Gasteiger partial charge in [0.2, 0.25) is 59.3 Å². The quantitative estimate of drug-likeness (QED) is 0.0459. The first-order valence-electron chi connectivity index (χ1n) is 38.4. The van der Waals surface area contributed by atoms with Crippen LogP contribution in [-0.2, 0) is 68.7 Å². The van der Waals surface area contributed by atoms with E-state index in [1.807, 2.05) is 5.48 Å². The standard InChI is InChI=1S/C81H87Cl4N13O26/c1-31(2)12-47(88-5)73(111)96-63-65(105)35-7-10-51(45(84)15-35)120-53-17-37-18-54(69(53)124-80-70(68(108)67(107)55(29-99)122-80)123-58-25-81(4,71(109)32(3)119-58)90-27-33-13-38(28-89-26-33)72(110)91-41-20-39(82)19-40(83)21-41)121-52-11-8-36(16-46(52)85)66(106)64-78(116)95-62(79(117)98-118-30-57(87)104)44-22-42(100)23-50(102)59(44)43-14-34(6-9-49(43)101)60(75(113)97-64)94-76(114)61(37)93-74(112)48(24-56(86)103)92-77(63)115/h6-11,13-23,26,28,31-32,47-48,55,58,60-68,70-71,80,88,90,99-102,105-109H,12,24-25,27,29-30H2,1-5H3,(H2,86,103)(H2,87,104)(H,91,110)(H,92,115)(H,93,112)(H,94,114)(H,95,116)(H,96,111)(H,97,113)(H,98,117). The molecule has 124 heavy (non-hydrogen) atoms. The zero-order valence-corrected chi connectivity index (χ0v) is 69.2. The number of pyridine rings is 1. The molecule has 2 fully saturated rings. The van der Waals surface area contributed by atoms with Crippen molar-refractivity contribution in [3.8, 4) is 57.1 Å². The highest BCUT2D eigenvalue weighted by Crippen LogP contribution is 2.50. The van der Waals surface area contributed by atoms with E-state index < -0.39 is 266 Å². The van der Waals surface area contributed by atoms with Crippen molar-refractivity contribution in [2.75, 3.05) is 25.6 Å². The average molecular weight is 1800 g/mol. The maximum Gasteiger partial charge on any atom is 0.270 e. The number of phenols is 3. The van der Waals surface area contributed by atoms with Crippen molar-refractivity contribution in [3.05, 3.63) is 175 Å². The molecule has 7 aliphatic heterocycles. The van der Waals surface area contributed by atoms with E-state index in [1.54, 1.807) is 20.8 Å². The van der Waals surface area contributed by atoms with Crippen LogP contribution in [0.5, 0.6) is 46.0 Å². The van der Waals surface area contributed by atoms with Crippen molar-refractivity contribution in [3.63, 3.8) is 0 Å². The highest BCUT2D eigenvalue weighted by Gasteiger charge is 2.52. The minimum Gasteiger partial charge on any atom is -0.508 e. The molecule has 0 aliphatic carbocycles. The molecule has 18 unspecified atom stereocenters. The van der Waals surface area contributed by atoms with E-state index in [0.29, 0.717) is 11.3 Å². The zero-order valence-electron chi connectivity index (χ0n) is 66.2. The second kappa shape index (κ2) is 38.8. The average Bonchev–Trinajstić information content (AvgIpc) is 0.777. The fraction of sp³-hybridized carbons (Fsp3) is 0.370. The summed E-state index contributed by atoms with van der Waals surface area (Å²) in [7, 11) is 1.46. The van der Waals surface area contributed by atoms with Gasteiger partial charge < -0.3 is 134 Å². The fourth-order valence-corrected chi connectivity index (χ4v) is 15.7. The number of carbonyl (C=O) groups excluding carboxylic acids is 10. The van der Waals surface area contributed by atoms with Crippen LogP contribution < -0.4 is 79.0 Å². The van der Waals surface area contributed by atoms with Crippen LogP contribution in [0.4, 0.5) is 5.69 Å². The fourth-order valence-electron chi connectivity index (χ4n) is 14.7. The highest BCUT2D eigenvalue weighted by molar-refractivity contribution is 6.35. The lowest BCUT2D eigenvalue weighted by Crippen LogP contribution is -2.65. The van der Waals surface area contributed by atoms with Gasteiger partial charge in [-0.05, 0) is 145 Å². The number of hydrogen-bond acceptors (Lipinski definition) is 29. The molecule has 10 amide bonds. The lowest BCUT2D eigenvalue weighted by atomic mass is 9.84. The molecule has 23 N–H and O–H groups in total. The summed E-state index contributed by atoms with van der Waals surface area (Å²) in [5.41, 5.74) is 9.42. The Hall–Kier alpha value is -11.4. The number of ether oxygens (including phenoxy) is 6. The van der Waals surface area contributed by atoms with Crippen molar-refractivity contribution in [1.82, 2.24) is 53.0 Å². The third kappa shape index (κ3) is 20.8. The van der Waals surface area contributed by atoms with Crippen LogP contribution in [-0.4, -0.2) is 209 Å². The number of nitrogens with two attached hydrogens (primary N) is 2. The summed E-state index contributed by atoms with van der Waals surface area (Å²) < 4.78 is 39.5. The summed E-state index contributed by atoms with van der Waals surface area (Å²) in [4.78, 5) is 155. The molecule has 14 rings (SSSR count). The van der Waals surface area contributed by atoms with E-state index in [9.17, 15) is 69.9 Å². The minimum atomic E-state index is -2.41. The number of benzene rings is 6. The Balaban J connectivity index is 1.03. The van der Waals surface area contributed by atoms with Gasteiger partial charge in [-0.2, -0.15) is 0 Å². The van der Waals surface area contributed by atoms with E-state index >= 15 is 24.0 Å². The second-order valence-corrected chi connectivity index (χ2v) is 32.2. The van der Waals surface area contributed by atoms with Gasteiger partial charge in [-0.3, -0.25) is 57.8 Å². The van der Waals surface area contributed by atoms with E-state index in [2.05, 4.69) is 52.8 Å². The Kier molecular flexibility index (Phi) is 28.8. The number of aliphatic hydroxyl groups excluding tert-OH is 6. The lowest BCUT2D eigenvalue weighted by Gasteiger charge is -2.48. The number of aromatic hydroxyl groups is 3. The number of phenolic OH excluding ortho intramolecular Hbond substituents is 3. The third-order valence-corrected chi connectivity index (χ3v) is 22.0. The normalized spacial score (nSPS) is 26.0. The second-order valence-electron chi connectivity index (χ2n) is 30.6. The number of likely N-dealkylation sites (N-methyl/N-ethyl adjacent to an activating group) is 1. The van der Waals surface area contributed by atoms with Crippen LogP contribution in [0.3, 0.4) is 0 Å². The Bertz CT molecular complexity index is 5290. The largest absolute Gasteiger partial charge is 0.508 e. The number of aliphatic hydroxyl groups is 6. The molecular weight excluding hydrogens is 1710 g/mol. The number of fused-ring (bicyclic) bond motifs is 15. The van der Waals surface area contributed by atoms with Gasteiger partial charge in [0.05, 0.1) is 46.9 Å². The van der Waals surface area contributed by atoms with Gasteiger partial charge >= 0.3 is 0 Å². The first kappa shape index (κ1) is 91.8. The number of primary amides is 2. The number of carbonyl (C=O) groups is 10. The molecule has 1 aromatic heterocycles. The number of nitrogens with one attached hydrogen (secondary N) is 10. The van der Waals surface area contributed by atoms with Gasteiger partial charge in [0.15, 0.2) is 30.5 Å². The Morgan fingerprint density at radius 1 is 0.677 bits per heavy atom. The van der Waals surface area contributed by atoms with Crippen molar-refractivity contribution >= 4 is 111 Å². The monoisotopic (exact) mass is 1800 g/mol. The molecule has 18 atom stereocenters. The number of hydrogen-bond donors (Lipinski definition) is 21. The topological polar surface area (TPSA) is 603 Å². The summed E-state index contributed by atoms with van der Waals surface area (Å²) in [6, 6.07) is 4.89. The van der Waals surface area contributed by atoms with Crippen LogP contribution in [0.2, 0.25) is 20.1 Å². The molecule has 7 aromatic rings. The van der Waals surface area contributed by atoms with Gasteiger partial charge in [-0.25, -0.2) is 5.48 Å². The van der Waals surface area contributed by atoms with E-state index in [-0.39, 0.29) is 57.8 Å². The van der Waals surface area contributed by atoms with E-state index in [4.69, 9.17) is 91.1 Å². The number of amides is 10. The van der Waals surface area contributed by atoms with Gasteiger partial charge in [-0.15, -0.1) is 0 Å². The molecule has 7 aliphatic rings. The number of anilines is 1. The van der Waals surface area contributed by atoms with Gasteiger partial charge in [0, 0.05) is 63.8 Å². The van der Waals surface area contributed by atoms with Gasteiger partial charge in [0.25, 0.3) is 11.8 Å². The summed E-state index contributed by atoms with van der Waals surface area (Å²) in [6.45, 7) is 4.70. The molecular formula is C81H87Cl4N13O26. The third-order valence-electron chi connectivity index (χ3n) is 21.0. The predicted octanol–water partition coefficient (Wildman–Crippen LogP) is 2.34. The van der Waals surface area contributed by atoms with Crippen LogP contribution in [0, 0.1) is 5.92 Å². The molecule has 0 saturated carbocycles. The highest BCUT2D eigenvalue weighted by atomic mass is 35.5. The molecule has 11 bridgehead atoms. The molecule has 8 heterocycles. The van der Waals surface area contributed by atoms with Crippen LogP contribution >= 0.6 is 46.4 Å².